The number of nitrogens with two attached hydrogens (primary N) is 1. The van der Waals surface area contributed by atoms with Crippen LogP contribution in [0.25, 0.3) is 0 Å². The molecule has 0 bridgehead atoms. The van der Waals surface area contributed by atoms with Crippen molar-refractivity contribution in [2.24, 2.45) is 0 Å². The van der Waals surface area contributed by atoms with Gasteiger partial charge in [-0.05, 0) is 19.8 Å². The minimum Gasteiger partial charge on any atom is -0.462 e. The normalized spacial score (nSPS) is 16.3. The third-order valence-corrected chi connectivity index (χ3v) is 4.33. The van der Waals surface area contributed by atoms with Crippen molar-refractivity contribution in [2.75, 3.05) is 12.3 Å². The number of rotatable bonds is 4. The number of nitrogen functional groups attached to an aromatic ring is 1. The molecule has 0 unspecified atom stereocenters. The molecular formula is C13H19N3O2S. The molecule has 0 spiro atoms. The number of esters is 1. The third kappa shape index (κ3) is 3.83. The number of carbonyl (C=O) groups is 1. The number of hydrogen-bond acceptors (Lipinski definition) is 6. The predicted octanol–water partition coefficient (Wildman–Crippen LogP) is 2.66. The van der Waals surface area contributed by atoms with Crippen molar-refractivity contribution in [1.82, 2.24) is 9.97 Å². The summed E-state index contributed by atoms with van der Waals surface area (Å²) in [5, 5.41) is 1.22. The van der Waals surface area contributed by atoms with E-state index in [0.29, 0.717) is 17.0 Å². The summed E-state index contributed by atoms with van der Waals surface area (Å²) >= 11 is 1.66. The van der Waals surface area contributed by atoms with Crippen LogP contribution in [0.4, 0.5) is 5.82 Å². The number of aromatic nitrogens is 2. The van der Waals surface area contributed by atoms with E-state index in [9.17, 15) is 4.79 Å². The number of ether oxygens (including phenoxy) is 1. The summed E-state index contributed by atoms with van der Waals surface area (Å²) in [6.45, 7) is 2.07. The average molecular weight is 281 g/mol. The molecule has 0 aromatic carbocycles. The summed E-state index contributed by atoms with van der Waals surface area (Å²) in [4.78, 5) is 20.0. The maximum absolute atomic E-state index is 11.6. The van der Waals surface area contributed by atoms with Crippen LogP contribution < -0.4 is 5.73 Å². The highest BCUT2D eigenvalue weighted by atomic mass is 32.2. The SMILES string of the molecule is CCOC(=O)c1cnc(SC2CCCCC2)nc1N. The molecule has 0 saturated heterocycles. The van der Waals surface area contributed by atoms with Crippen LogP contribution in [0, 0.1) is 0 Å². The Kier molecular flexibility index (Phi) is 5.01. The van der Waals surface area contributed by atoms with Crippen LogP contribution in [0.3, 0.4) is 0 Å². The highest BCUT2D eigenvalue weighted by Crippen LogP contribution is 2.32. The lowest BCUT2D eigenvalue weighted by atomic mass is 10.0. The fourth-order valence-corrected chi connectivity index (χ4v) is 3.26. The number of thioether (sulfide) groups is 1. The Bertz CT molecular complexity index is 448. The van der Waals surface area contributed by atoms with E-state index in [1.165, 1.54) is 38.3 Å². The molecule has 1 fully saturated rings. The van der Waals surface area contributed by atoms with Crippen molar-refractivity contribution >= 4 is 23.5 Å². The van der Waals surface area contributed by atoms with Gasteiger partial charge in [0.15, 0.2) is 5.16 Å². The molecule has 1 aromatic heterocycles. The topological polar surface area (TPSA) is 78.1 Å². The quantitative estimate of drug-likeness (QED) is 0.675. The zero-order valence-electron chi connectivity index (χ0n) is 11.1. The van der Waals surface area contributed by atoms with E-state index in [0.717, 1.165) is 0 Å². The van der Waals surface area contributed by atoms with Crippen LogP contribution in [0.2, 0.25) is 0 Å². The van der Waals surface area contributed by atoms with Gasteiger partial charge in [-0.3, -0.25) is 0 Å². The third-order valence-electron chi connectivity index (χ3n) is 3.12. The summed E-state index contributed by atoms with van der Waals surface area (Å²) in [6.07, 6.45) is 7.73. The molecule has 0 amide bonds. The minimum atomic E-state index is -0.464. The van der Waals surface area contributed by atoms with Gasteiger partial charge in [-0.2, -0.15) is 0 Å². The van der Waals surface area contributed by atoms with Crippen LogP contribution in [0.1, 0.15) is 49.4 Å². The molecule has 5 nitrogen and oxygen atoms in total. The summed E-state index contributed by atoms with van der Waals surface area (Å²) in [7, 11) is 0. The Morgan fingerprint density at radius 3 is 2.84 bits per heavy atom. The molecule has 0 atom stereocenters. The van der Waals surface area contributed by atoms with E-state index in [2.05, 4.69) is 9.97 Å². The van der Waals surface area contributed by atoms with Gasteiger partial charge in [-0.1, -0.05) is 31.0 Å². The minimum absolute atomic E-state index is 0.201. The Hall–Kier alpha value is -1.30. The molecule has 19 heavy (non-hydrogen) atoms. The van der Waals surface area contributed by atoms with Crippen LogP contribution in [0.15, 0.2) is 11.4 Å². The molecule has 6 heteroatoms. The average Bonchev–Trinajstić information content (AvgIpc) is 2.40. The maximum Gasteiger partial charge on any atom is 0.343 e. The Labute approximate surface area is 117 Å². The summed E-state index contributed by atoms with van der Waals surface area (Å²) in [5.74, 6) is -0.263. The Morgan fingerprint density at radius 2 is 2.21 bits per heavy atom. The molecule has 2 rings (SSSR count). The molecule has 2 N–H and O–H groups in total. The largest absolute Gasteiger partial charge is 0.462 e. The first-order valence-electron chi connectivity index (χ1n) is 6.67. The van der Waals surface area contributed by atoms with Crippen molar-refractivity contribution in [3.63, 3.8) is 0 Å². The van der Waals surface area contributed by atoms with E-state index in [-0.39, 0.29) is 11.4 Å². The molecule has 1 saturated carbocycles. The number of anilines is 1. The van der Waals surface area contributed by atoms with Crippen LogP contribution in [-0.2, 0) is 4.74 Å². The second-order valence-corrected chi connectivity index (χ2v) is 5.82. The molecule has 0 aliphatic heterocycles. The predicted molar refractivity (Wildman–Crippen MR) is 75.1 cm³/mol. The van der Waals surface area contributed by atoms with E-state index >= 15 is 0 Å². The van der Waals surface area contributed by atoms with Crippen LogP contribution >= 0.6 is 11.8 Å². The second kappa shape index (κ2) is 6.75. The standard InChI is InChI=1S/C13H19N3O2S/c1-2-18-12(17)10-8-15-13(16-11(10)14)19-9-6-4-3-5-7-9/h8-9H,2-7H2,1H3,(H2,14,15,16). The van der Waals surface area contributed by atoms with Gasteiger partial charge in [0.05, 0.1) is 6.61 Å². The summed E-state index contributed by atoms with van der Waals surface area (Å²) < 4.78 is 4.89. The summed E-state index contributed by atoms with van der Waals surface area (Å²) in [6, 6.07) is 0. The van der Waals surface area contributed by atoms with Crippen molar-refractivity contribution in [2.45, 2.75) is 49.4 Å². The first-order chi connectivity index (χ1) is 9.20. The smallest absolute Gasteiger partial charge is 0.343 e. The highest BCUT2D eigenvalue weighted by molar-refractivity contribution is 7.99. The molecule has 104 valence electrons. The number of carbonyl (C=O) groups excluding carboxylic acids is 1. The van der Waals surface area contributed by atoms with Gasteiger partial charge in [0, 0.05) is 11.4 Å². The first kappa shape index (κ1) is 14.1. The maximum atomic E-state index is 11.6. The zero-order chi connectivity index (χ0) is 13.7. The number of hydrogen-bond donors (Lipinski definition) is 1. The zero-order valence-corrected chi connectivity index (χ0v) is 11.9. The second-order valence-electron chi connectivity index (χ2n) is 4.55. The van der Waals surface area contributed by atoms with Crippen LogP contribution in [0.5, 0.6) is 0 Å². The fraction of sp³-hybridized carbons (Fsp3) is 0.615. The molecule has 0 radical (unpaired) electrons. The van der Waals surface area contributed by atoms with E-state index in [1.807, 2.05) is 0 Å². The molecular weight excluding hydrogens is 262 g/mol. The van der Waals surface area contributed by atoms with E-state index in [1.54, 1.807) is 18.7 Å². The summed E-state index contributed by atoms with van der Waals surface area (Å²) in [5.41, 5.74) is 6.04. The highest BCUT2D eigenvalue weighted by Gasteiger charge is 2.18. The van der Waals surface area contributed by atoms with Gasteiger partial charge < -0.3 is 10.5 Å². The van der Waals surface area contributed by atoms with Gasteiger partial charge in [-0.15, -0.1) is 0 Å². The van der Waals surface area contributed by atoms with Gasteiger partial charge in [-0.25, -0.2) is 14.8 Å². The monoisotopic (exact) mass is 281 g/mol. The van der Waals surface area contributed by atoms with Gasteiger partial charge in [0.25, 0.3) is 0 Å². The van der Waals surface area contributed by atoms with E-state index in [4.69, 9.17) is 10.5 Å². The number of nitrogens with zero attached hydrogens (tertiary/aromatic N) is 2. The molecule has 1 aliphatic carbocycles. The van der Waals surface area contributed by atoms with Crippen molar-refractivity contribution in [3.8, 4) is 0 Å². The fourth-order valence-electron chi connectivity index (χ4n) is 2.13. The van der Waals surface area contributed by atoms with E-state index < -0.39 is 5.97 Å². The van der Waals surface area contributed by atoms with Gasteiger partial charge >= 0.3 is 5.97 Å². The van der Waals surface area contributed by atoms with Crippen molar-refractivity contribution in [3.05, 3.63) is 11.8 Å². The Morgan fingerprint density at radius 1 is 1.47 bits per heavy atom. The first-order valence-corrected chi connectivity index (χ1v) is 7.55. The molecule has 1 heterocycles. The lowest BCUT2D eigenvalue weighted by Gasteiger charge is -2.20. The van der Waals surface area contributed by atoms with Gasteiger partial charge in [0.2, 0.25) is 0 Å². The molecule has 1 aromatic rings. The van der Waals surface area contributed by atoms with Crippen molar-refractivity contribution < 1.29 is 9.53 Å². The van der Waals surface area contributed by atoms with Crippen molar-refractivity contribution in [1.29, 1.82) is 0 Å². The van der Waals surface area contributed by atoms with Gasteiger partial charge in [0.1, 0.15) is 11.4 Å². The van der Waals surface area contributed by atoms with Crippen LogP contribution in [-0.4, -0.2) is 27.8 Å². The molecule has 1 aliphatic rings. The lowest BCUT2D eigenvalue weighted by Crippen LogP contribution is -2.12. The Balaban J connectivity index is 2.03. The lowest BCUT2D eigenvalue weighted by molar-refractivity contribution is 0.0526.